The molecule has 3 heteroatoms. The minimum atomic E-state index is 0.297. The largest absolute Gasteiger partial charge is 0.396 e. The van der Waals surface area contributed by atoms with Crippen LogP contribution in [-0.2, 0) is 0 Å². The number of hydrogen-bond donors (Lipinski definition) is 2. The fourth-order valence-electron chi connectivity index (χ4n) is 0.774. The summed E-state index contributed by atoms with van der Waals surface area (Å²) in [7, 11) is 0. The molecule has 0 aromatic carbocycles. The highest BCUT2D eigenvalue weighted by atomic mass is 32.2. The zero-order valence-corrected chi connectivity index (χ0v) is 8.28. The average molecular weight is 177 g/mol. The van der Waals surface area contributed by atoms with Crippen molar-refractivity contribution >= 4 is 11.8 Å². The lowest BCUT2D eigenvalue weighted by Crippen LogP contribution is -2.28. The average Bonchev–Trinajstić information content (AvgIpc) is 2.01. The number of nitrogens with one attached hydrogen (secondary N) is 1. The predicted molar refractivity (Wildman–Crippen MR) is 52.2 cm³/mol. The Balaban J connectivity index is 3.02. The molecule has 0 fully saturated rings. The van der Waals surface area contributed by atoms with E-state index in [1.807, 2.05) is 0 Å². The van der Waals surface area contributed by atoms with Crippen LogP contribution >= 0.6 is 11.8 Å². The molecular weight excluding hydrogens is 158 g/mol. The number of rotatable bonds is 7. The number of thioether (sulfide) groups is 1. The van der Waals surface area contributed by atoms with E-state index in [-0.39, 0.29) is 0 Å². The highest BCUT2D eigenvalue weighted by molar-refractivity contribution is 7.99. The number of hydrogen-bond acceptors (Lipinski definition) is 3. The lowest BCUT2D eigenvalue weighted by Gasteiger charge is -2.11. The molecule has 0 radical (unpaired) electrons. The van der Waals surface area contributed by atoms with Crippen LogP contribution in [0, 0.1) is 0 Å². The van der Waals surface area contributed by atoms with Crippen LogP contribution in [0.1, 0.15) is 20.3 Å². The van der Waals surface area contributed by atoms with Crippen molar-refractivity contribution in [1.29, 1.82) is 0 Å². The maximum atomic E-state index is 8.51. The van der Waals surface area contributed by atoms with E-state index in [1.54, 1.807) is 11.8 Å². The van der Waals surface area contributed by atoms with E-state index in [9.17, 15) is 0 Å². The highest BCUT2D eigenvalue weighted by Crippen LogP contribution is 2.00. The van der Waals surface area contributed by atoms with Crippen LogP contribution in [0.3, 0.4) is 0 Å². The summed E-state index contributed by atoms with van der Waals surface area (Å²) in [5, 5.41) is 11.9. The molecule has 0 amide bonds. The first-order chi connectivity index (χ1) is 5.31. The molecule has 0 bridgehead atoms. The van der Waals surface area contributed by atoms with Crippen molar-refractivity contribution in [3.8, 4) is 0 Å². The van der Waals surface area contributed by atoms with Crippen molar-refractivity contribution < 1.29 is 5.11 Å². The van der Waals surface area contributed by atoms with Crippen LogP contribution < -0.4 is 5.32 Å². The maximum Gasteiger partial charge on any atom is 0.0521 e. The van der Waals surface area contributed by atoms with Gasteiger partial charge in [-0.15, -0.1) is 0 Å². The summed E-state index contributed by atoms with van der Waals surface area (Å²) in [6, 6.07) is 0.575. The van der Waals surface area contributed by atoms with Crippen LogP contribution in [0.25, 0.3) is 0 Å². The Hall–Kier alpha value is 0.270. The topological polar surface area (TPSA) is 32.3 Å². The second-order valence-corrected chi connectivity index (χ2v) is 3.80. The molecule has 0 aliphatic heterocycles. The second-order valence-electron chi connectivity index (χ2n) is 2.65. The zero-order valence-electron chi connectivity index (χ0n) is 7.47. The number of aliphatic hydroxyl groups excluding tert-OH is 1. The Morgan fingerprint density at radius 2 is 2.27 bits per heavy atom. The fourth-order valence-corrected chi connectivity index (χ4v) is 1.54. The normalized spacial score (nSPS) is 13.4. The monoisotopic (exact) mass is 177 g/mol. The summed E-state index contributed by atoms with van der Waals surface area (Å²) in [5.41, 5.74) is 0. The minimum Gasteiger partial charge on any atom is -0.396 e. The van der Waals surface area contributed by atoms with E-state index in [4.69, 9.17) is 5.11 Å². The van der Waals surface area contributed by atoms with Crippen molar-refractivity contribution in [2.45, 2.75) is 26.3 Å². The molecule has 0 spiro atoms. The van der Waals surface area contributed by atoms with Crippen LogP contribution in [0.4, 0.5) is 0 Å². The standard InChI is InChI=1S/C8H19NOS/c1-3-4-9-8(2)7-11-6-5-10/h8-10H,3-7H2,1-2H3. The van der Waals surface area contributed by atoms with E-state index in [2.05, 4.69) is 19.2 Å². The molecule has 0 heterocycles. The van der Waals surface area contributed by atoms with Gasteiger partial charge in [-0.1, -0.05) is 6.92 Å². The molecule has 0 rings (SSSR count). The molecule has 2 nitrogen and oxygen atoms in total. The Morgan fingerprint density at radius 3 is 2.82 bits per heavy atom. The molecule has 68 valence electrons. The summed E-state index contributed by atoms with van der Waals surface area (Å²) in [5.74, 6) is 1.96. The Bertz CT molecular complexity index is 80.5. The van der Waals surface area contributed by atoms with Crippen molar-refractivity contribution in [2.75, 3.05) is 24.7 Å². The SMILES string of the molecule is CCCNC(C)CSCCO. The third-order valence-electron chi connectivity index (χ3n) is 1.35. The van der Waals surface area contributed by atoms with Gasteiger partial charge in [-0.05, 0) is 19.9 Å². The summed E-state index contributed by atoms with van der Waals surface area (Å²) >= 11 is 1.80. The second kappa shape index (κ2) is 8.37. The lowest BCUT2D eigenvalue weighted by molar-refractivity contribution is 0.322. The first-order valence-electron chi connectivity index (χ1n) is 4.23. The molecule has 2 N–H and O–H groups in total. The molecule has 0 saturated heterocycles. The third-order valence-corrected chi connectivity index (χ3v) is 2.55. The van der Waals surface area contributed by atoms with Crippen LogP contribution in [0.2, 0.25) is 0 Å². The lowest BCUT2D eigenvalue weighted by atomic mass is 10.3. The van der Waals surface area contributed by atoms with Gasteiger partial charge in [0.25, 0.3) is 0 Å². The molecule has 1 unspecified atom stereocenters. The minimum absolute atomic E-state index is 0.297. The first-order valence-corrected chi connectivity index (χ1v) is 5.38. The Labute approximate surface area is 73.8 Å². The van der Waals surface area contributed by atoms with Gasteiger partial charge in [-0.25, -0.2) is 0 Å². The molecule has 0 aromatic heterocycles. The zero-order chi connectivity index (χ0) is 8.53. The van der Waals surface area contributed by atoms with Crippen LogP contribution in [0.15, 0.2) is 0 Å². The van der Waals surface area contributed by atoms with Crippen molar-refractivity contribution in [1.82, 2.24) is 5.32 Å². The maximum absolute atomic E-state index is 8.51. The number of aliphatic hydroxyl groups is 1. The third kappa shape index (κ3) is 8.17. The smallest absolute Gasteiger partial charge is 0.0521 e. The van der Waals surface area contributed by atoms with Gasteiger partial charge < -0.3 is 10.4 Å². The van der Waals surface area contributed by atoms with Gasteiger partial charge in [-0.3, -0.25) is 0 Å². The van der Waals surface area contributed by atoms with E-state index < -0.39 is 0 Å². The van der Waals surface area contributed by atoms with Crippen molar-refractivity contribution in [3.05, 3.63) is 0 Å². The quantitative estimate of drug-likeness (QED) is 0.571. The van der Waals surface area contributed by atoms with Gasteiger partial charge in [0.05, 0.1) is 6.61 Å². The van der Waals surface area contributed by atoms with Gasteiger partial charge in [-0.2, -0.15) is 11.8 Å². The predicted octanol–water partition coefficient (Wildman–Crippen LogP) is 1.10. The van der Waals surface area contributed by atoms with Gasteiger partial charge in [0.15, 0.2) is 0 Å². The summed E-state index contributed by atoms with van der Waals surface area (Å²) < 4.78 is 0. The van der Waals surface area contributed by atoms with E-state index in [0.29, 0.717) is 12.6 Å². The van der Waals surface area contributed by atoms with Crippen LogP contribution in [0.5, 0.6) is 0 Å². The van der Waals surface area contributed by atoms with E-state index in [1.165, 1.54) is 6.42 Å². The Kier molecular flexibility index (Phi) is 8.57. The highest BCUT2D eigenvalue weighted by Gasteiger charge is 1.98. The molecular formula is C8H19NOS. The van der Waals surface area contributed by atoms with Gasteiger partial charge in [0, 0.05) is 17.5 Å². The van der Waals surface area contributed by atoms with Crippen LogP contribution in [-0.4, -0.2) is 35.8 Å². The van der Waals surface area contributed by atoms with Crippen molar-refractivity contribution in [3.63, 3.8) is 0 Å². The molecule has 1 atom stereocenters. The van der Waals surface area contributed by atoms with E-state index in [0.717, 1.165) is 18.1 Å². The summed E-state index contributed by atoms with van der Waals surface area (Å²) in [4.78, 5) is 0. The summed E-state index contributed by atoms with van der Waals surface area (Å²) in [6.07, 6.45) is 1.19. The summed E-state index contributed by atoms with van der Waals surface area (Å²) in [6.45, 7) is 5.74. The molecule has 0 aliphatic rings. The molecule has 0 aliphatic carbocycles. The van der Waals surface area contributed by atoms with Gasteiger partial charge in [0.2, 0.25) is 0 Å². The first kappa shape index (κ1) is 11.3. The van der Waals surface area contributed by atoms with Gasteiger partial charge in [0.1, 0.15) is 0 Å². The Morgan fingerprint density at radius 1 is 1.55 bits per heavy atom. The fraction of sp³-hybridized carbons (Fsp3) is 1.00. The molecule has 0 aromatic rings. The van der Waals surface area contributed by atoms with E-state index >= 15 is 0 Å². The van der Waals surface area contributed by atoms with Crippen molar-refractivity contribution in [2.24, 2.45) is 0 Å². The molecule has 11 heavy (non-hydrogen) atoms. The van der Waals surface area contributed by atoms with Gasteiger partial charge >= 0.3 is 0 Å². The molecule has 0 saturated carbocycles.